The van der Waals surface area contributed by atoms with Crippen molar-refractivity contribution in [2.75, 3.05) is 23.3 Å². The molecule has 6 heteroatoms. The summed E-state index contributed by atoms with van der Waals surface area (Å²) in [6.07, 6.45) is 1.03. The number of rotatable bonds is 6. The Morgan fingerprint density at radius 2 is 1.83 bits per heavy atom. The molecule has 0 aliphatic carbocycles. The van der Waals surface area contributed by atoms with E-state index in [-0.39, 0.29) is 11.8 Å². The maximum absolute atomic E-state index is 12.8. The lowest BCUT2D eigenvalue weighted by atomic mass is 10.1. The number of benzene rings is 2. The zero-order chi connectivity index (χ0) is 20.2. The van der Waals surface area contributed by atoms with Crippen LogP contribution in [0.15, 0.2) is 66.0 Å². The average molecular weight is 406 g/mol. The van der Waals surface area contributed by atoms with Crippen LogP contribution in [0.2, 0.25) is 0 Å². The van der Waals surface area contributed by atoms with Crippen molar-refractivity contribution in [1.82, 2.24) is 5.32 Å². The topological polar surface area (TPSA) is 61.4 Å². The SMILES string of the molecule is CC1Cc2ccccc2N1CCNC(=O)c1ccccc1NC(=O)c1cccs1. The van der Waals surface area contributed by atoms with Gasteiger partial charge in [0.2, 0.25) is 0 Å². The standard InChI is InChI=1S/C23H23N3O2S/c1-16-15-17-7-2-5-10-20(17)26(16)13-12-24-22(27)18-8-3-4-9-19(18)25-23(28)21-11-6-14-29-21/h2-11,14,16H,12-13,15H2,1H3,(H,24,27)(H,25,28). The highest BCUT2D eigenvalue weighted by atomic mass is 32.1. The van der Waals surface area contributed by atoms with Gasteiger partial charge in [-0.05, 0) is 48.6 Å². The van der Waals surface area contributed by atoms with Crippen LogP contribution in [0.25, 0.3) is 0 Å². The Hall–Kier alpha value is -3.12. The molecule has 0 spiro atoms. The summed E-state index contributed by atoms with van der Waals surface area (Å²) in [6.45, 7) is 3.48. The molecule has 5 nitrogen and oxygen atoms in total. The molecule has 1 atom stereocenters. The van der Waals surface area contributed by atoms with Gasteiger partial charge in [0, 0.05) is 24.8 Å². The molecule has 2 heterocycles. The molecule has 0 radical (unpaired) electrons. The second kappa shape index (κ2) is 8.49. The van der Waals surface area contributed by atoms with Crippen molar-refractivity contribution >= 4 is 34.5 Å². The van der Waals surface area contributed by atoms with Gasteiger partial charge in [-0.3, -0.25) is 9.59 Å². The van der Waals surface area contributed by atoms with Crippen LogP contribution < -0.4 is 15.5 Å². The second-order valence-electron chi connectivity index (χ2n) is 7.11. The first-order chi connectivity index (χ1) is 14.1. The van der Waals surface area contributed by atoms with Crippen LogP contribution >= 0.6 is 11.3 Å². The van der Waals surface area contributed by atoms with Gasteiger partial charge in [0.15, 0.2) is 0 Å². The van der Waals surface area contributed by atoms with E-state index in [0.29, 0.717) is 28.7 Å². The zero-order valence-corrected chi connectivity index (χ0v) is 17.0. The van der Waals surface area contributed by atoms with E-state index in [0.717, 1.165) is 13.0 Å². The van der Waals surface area contributed by atoms with E-state index >= 15 is 0 Å². The average Bonchev–Trinajstić information content (AvgIpc) is 3.37. The predicted molar refractivity (Wildman–Crippen MR) is 118 cm³/mol. The third-order valence-electron chi connectivity index (χ3n) is 5.15. The highest BCUT2D eigenvalue weighted by Crippen LogP contribution is 2.31. The van der Waals surface area contributed by atoms with E-state index in [1.54, 1.807) is 24.3 Å². The summed E-state index contributed by atoms with van der Waals surface area (Å²) in [6, 6.07) is 19.5. The smallest absolute Gasteiger partial charge is 0.265 e. The first-order valence-corrected chi connectivity index (χ1v) is 10.6. The fraction of sp³-hybridized carbons (Fsp3) is 0.217. The molecule has 0 saturated heterocycles. The zero-order valence-electron chi connectivity index (χ0n) is 16.2. The number of thiophene rings is 1. The molecule has 3 aromatic rings. The van der Waals surface area contributed by atoms with Crippen molar-refractivity contribution in [3.05, 3.63) is 82.0 Å². The first-order valence-electron chi connectivity index (χ1n) is 9.70. The number of hydrogen-bond donors (Lipinski definition) is 2. The Bertz CT molecular complexity index is 1020. The van der Waals surface area contributed by atoms with Gasteiger partial charge in [-0.25, -0.2) is 0 Å². The van der Waals surface area contributed by atoms with Crippen molar-refractivity contribution in [1.29, 1.82) is 0 Å². The number of carbonyl (C=O) groups is 2. The Balaban J connectivity index is 1.39. The number of fused-ring (bicyclic) bond motifs is 1. The number of amides is 2. The highest BCUT2D eigenvalue weighted by Gasteiger charge is 2.25. The van der Waals surface area contributed by atoms with Gasteiger partial charge in [-0.2, -0.15) is 0 Å². The molecular weight excluding hydrogens is 382 g/mol. The van der Waals surface area contributed by atoms with Crippen molar-refractivity contribution in [2.24, 2.45) is 0 Å². The molecule has 2 aromatic carbocycles. The molecule has 0 fully saturated rings. The van der Waals surface area contributed by atoms with Crippen LogP contribution in [0.4, 0.5) is 11.4 Å². The monoisotopic (exact) mass is 405 g/mol. The third-order valence-corrected chi connectivity index (χ3v) is 6.02. The van der Waals surface area contributed by atoms with Crippen molar-refractivity contribution < 1.29 is 9.59 Å². The van der Waals surface area contributed by atoms with Crippen molar-refractivity contribution in [2.45, 2.75) is 19.4 Å². The van der Waals surface area contributed by atoms with Crippen LogP contribution in [-0.2, 0) is 6.42 Å². The molecule has 2 N–H and O–H groups in total. The summed E-state index contributed by atoms with van der Waals surface area (Å²) < 4.78 is 0. The van der Waals surface area contributed by atoms with E-state index in [9.17, 15) is 9.59 Å². The first kappa shape index (κ1) is 19.2. The summed E-state index contributed by atoms with van der Waals surface area (Å²) in [7, 11) is 0. The van der Waals surface area contributed by atoms with E-state index < -0.39 is 0 Å². The molecule has 1 aliphatic rings. The molecule has 29 heavy (non-hydrogen) atoms. The fourth-order valence-corrected chi connectivity index (χ4v) is 4.36. The largest absolute Gasteiger partial charge is 0.367 e. The summed E-state index contributed by atoms with van der Waals surface area (Å²) in [4.78, 5) is 28.1. The fourth-order valence-electron chi connectivity index (χ4n) is 3.74. The number of anilines is 2. The Morgan fingerprint density at radius 3 is 2.66 bits per heavy atom. The molecule has 1 aromatic heterocycles. The van der Waals surface area contributed by atoms with Crippen LogP contribution in [-0.4, -0.2) is 30.9 Å². The number of para-hydroxylation sites is 2. The maximum Gasteiger partial charge on any atom is 0.265 e. The number of nitrogens with zero attached hydrogens (tertiary/aromatic N) is 1. The number of nitrogens with one attached hydrogen (secondary N) is 2. The second-order valence-corrected chi connectivity index (χ2v) is 8.06. The summed E-state index contributed by atoms with van der Waals surface area (Å²) >= 11 is 1.37. The van der Waals surface area contributed by atoms with Gasteiger partial charge in [0.1, 0.15) is 0 Å². The van der Waals surface area contributed by atoms with Gasteiger partial charge in [-0.15, -0.1) is 11.3 Å². The molecule has 4 rings (SSSR count). The quantitative estimate of drug-likeness (QED) is 0.647. The van der Waals surface area contributed by atoms with Crippen molar-refractivity contribution in [3.8, 4) is 0 Å². The molecule has 0 bridgehead atoms. The normalized spacial score (nSPS) is 15.1. The Morgan fingerprint density at radius 1 is 1.03 bits per heavy atom. The molecular formula is C23H23N3O2S. The minimum absolute atomic E-state index is 0.188. The summed E-state index contributed by atoms with van der Waals surface area (Å²) in [5.74, 6) is -0.394. The minimum atomic E-state index is -0.206. The Labute approximate surface area is 174 Å². The van der Waals surface area contributed by atoms with E-state index in [4.69, 9.17) is 0 Å². The summed E-state index contributed by atoms with van der Waals surface area (Å²) in [5.41, 5.74) is 3.58. The van der Waals surface area contributed by atoms with Gasteiger partial charge < -0.3 is 15.5 Å². The maximum atomic E-state index is 12.8. The third kappa shape index (κ3) is 4.17. The lowest BCUT2D eigenvalue weighted by molar-refractivity contribution is 0.0955. The van der Waals surface area contributed by atoms with E-state index in [1.807, 2.05) is 17.5 Å². The Kier molecular flexibility index (Phi) is 5.62. The summed E-state index contributed by atoms with van der Waals surface area (Å²) in [5, 5.41) is 7.69. The molecule has 148 valence electrons. The van der Waals surface area contributed by atoms with Gasteiger partial charge in [-0.1, -0.05) is 36.4 Å². The predicted octanol–water partition coefficient (Wildman–Crippen LogP) is 4.18. The minimum Gasteiger partial charge on any atom is -0.367 e. The molecule has 1 unspecified atom stereocenters. The number of carbonyl (C=O) groups excluding carboxylic acids is 2. The molecule has 1 aliphatic heterocycles. The van der Waals surface area contributed by atoms with Crippen LogP contribution in [0.5, 0.6) is 0 Å². The van der Waals surface area contributed by atoms with E-state index in [1.165, 1.54) is 22.6 Å². The van der Waals surface area contributed by atoms with Crippen molar-refractivity contribution in [3.63, 3.8) is 0 Å². The van der Waals surface area contributed by atoms with E-state index in [2.05, 4.69) is 46.7 Å². The number of hydrogen-bond acceptors (Lipinski definition) is 4. The van der Waals surface area contributed by atoms with Crippen LogP contribution in [0.3, 0.4) is 0 Å². The molecule has 2 amide bonds. The lowest BCUT2D eigenvalue weighted by Gasteiger charge is -2.25. The van der Waals surface area contributed by atoms with Gasteiger partial charge >= 0.3 is 0 Å². The lowest BCUT2D eigenvalue weighted by Crippen LogP contribution is -2.38. The highest BCUT2D eigenvalue weighted by molar-refractivity contribution is 7.12. The van der Waals surface area contributed by atoms with Gasteiger partial charge in [0.25, 0.3) is 11.8 Å². The van der Waals surface area contributed by atoms with Crippen LogP contribution in [0, 0.1) is 0 Å². The molecule has 0 saturated carbocycles. The van der Waals surface area contributed by atoms with Gasteiger partial charge in [0.05, 0.1) is 16.1 Å². The van der Waals surface area contributed by atoms with Crippen LogP contribution in [0.1, 0.15) is 32.5 Å².